The molecule has 0 bridgehead atoms. The molecule has 3 aromatic rings. The third-order valence-corrected chi connectivity index (χ3v) is 4.15. The van der Waals surface area contributed by atoms with Gasteiger partial charge in [0.15, 0.2) is 0 Å². The molecule has 0 radical (unpaired) electrons. The molecule has 1 aromatic heterocycles. The van der Waals surface area contributed by atoms with E-state index in [0.29, 0.717) is 0 Å². The van der Waals surface area contributed by atoms with Gasteiger partial charge in [-0.25, -0.2) is 5.06 Å². The molecule has 0 amide bonds. The van der Waals surface area contributed by atoms with E-state index in [2.05, 4.69) is 26.9 Å². The third kappa shape index (κ3) is 2.22. The Morgan fingerprint density at radius 2 is 1.74 bits per heavy atom. The number of nitrogens with zero attached hydrogens (tertiary/aromatic N) is 4. The van der Waals surface area contributed by atoms with E-state index in [0.717, 1.165) is 32.8 Å². The lowest BCUT2D eigenvalue weighted by atomic mass is 9.96. The lowest BCUT2D eigenvalue weighted by Gasteiger charge is -2.27. The second-order valence-electron chi connectivity index (χ2n) is 5.58. The summed E-state index contributed by atoms with van der Waals surface area (Å²) in [5, 5.41) is 20.8. The van der Waals surface area contributed by atoms with Gasteiger partial charge in [0.2, 0.25) is 0 Å². The first-order valence-corrected chi connectivity index (χ1v) is 7.43. The van der Waals surface area contributed by atoms with Gasteiger partial charge in [-0.3, -0.25) is 5.21 Å². The predicted octanol–water partition coefficient (Wildman–Crippen LogP) is 3.36. The number of hydrogen-bond donors (Lipinski definition) is 1. The fourth-order valence-corrected chi connectivity index (χ4v) is 3.09. The Morgan fingerprint density at radius 3 is 2.57 bits per heavy atom. The largest absolute Gasteiger partial charge is 0.350 e. The molecule has 4 rings (SSSR count). The van der Waals surface area contributed by atoms with Crippen molar-refractivity contribution in [3.05, 3.63) is 71.9 Å². The van der Waals surface area contributed by atoms with E-state index in [1.165, 1.54) is 6.34 Å². The second-order valence-corrected chi connectivity index (χ2v) is 5.58. The van der Waals surface area contributed by atoms with Crippen LogP contribution in [0.1, 0.15) is 17.2 Å². The average Bonchev–Trinajstić information content (AvgIpc) is 2.92. The van der Waals surface area contributed by atoms with Gasteiger partial charge in [0.1, 0.15) is 12.4 Å². The summed E-state index contributed by atoms with van der Waals surface area (Å²) in [5.41, 5.74) is 3.79. The van der Waals surface area contributed by atoms with Crippen LogP contribution in [-0.4, -0.2) is 26.9 Å². The van der Waals surface area contributed by atoms with E-state index in [9.17, 15) is 5.21 Å². The summed E-state index contributed by atoms with van der Waals surface area (Å²) in [5.74, 6) is 0. The van der Waals surface area contributed by atoms with Crippen molar-refractivity contribution in [2.75, 3.05) is 0 Å². The smallest absolute Gasteiger partial charge is 0.139 e. The molecule has 1 atom stereocenters. The van der Waals surface area contributed by atoms with Crippen LogP contribution in [0.25, 0.3) is 10.9 Å². The van der Waals surface area contributed by atoms with Crippen molar-refractivity contribution in [2.24, 2.45) is 17.3 Å². The van der Waals surface area contributed by atoms with Crippen LogP contribution in [0.15, 0.2) is 71.0 Å². The van der Waals surface area contributed by atoms with E-state index in [1.54, 1.807) is 0 Å². The van der Waals surface area contributed by atoms with Crippen molar-refractivity contribution < 1.29 is 5.21 Å². The molecule has 5 heteroatoms. The Morgan fingerprint density at radius 1 is 1.00 bits per heavy atom. The van der Waals surface area contributed by atoms with Crippen LogP contribution in [0.5, 0.6) is 0 Å². The molecule has 0 saturated heterocycles. The zero-order chi connectivity index (χ0) is 15.8. The fourth-order valence-electron chi connectivity index (χ4n) is 3.09. The summed E-state index contributed by atoms with van der Waals surface area (Å²) in [7, 11) is 2.00. The van der Waals surface area contributed by atoms with E-state index in [1.807, 2.05) is 55.7 Å². The molecule has 1 aliphatic rings. The highest BCUT2D eigenvalue weighted by molar-refractivity contribution is 6.08. The topological polar surface area (TPSA) is 53.1 Å². The van der Waals surface area contributed by atoms with Crippen molar-refractivity contribution in [1.29, 1.82) is 0 Å². The monoisotopic (exact) mass is 304 g/mol. The maximum atomic E-state index is 10.4. The number of aromatic nitrogens is 1. The Bertz CT molecular complexity index is 911. The minimum Gasteiger partial charge on any atom is -0.350 e. The lowest BCUT2D eigenvalue weighted by Crippen LogP contribution is -2.33. The van der Waals surface area contributed by atoms with E-state index < -0.39 is 0 Å². The minimum absolute atomic E-state index is 0.388. The van der Waals surface area contributed by atoms with Crippen LogP contribution in [-0.2, 0) is 7.05 Å². The van der Waals surface area contributed by atoms with Gasteiger partial charge in [0.05, 0.1) is 5.71 Å². The molecule has 2 heterocycles. The van der Waals surface area contributed by atoms with Crippen molar-refractivity contribution in [3.63, 3.8) is 0 Å². The van der Waals surface area contributed by atoms with E-state index in [-0.39, 0.29) is 6.04 Å². The molecule has 0 aliphatic carbocycles. The number of rotatable bonds is 2. The fraction of sp³-hybridized carbons (Fsp3) is 0.111. The van der Waals surface area contributed by atoms with Gasteiger partial charge in [-0.1, -0.05) is 48.5 Å². The quantitative estimate of drug-likeness (QED) is 0.789. The molecule has 1 unspecified atom stereocenters. The summed E-state index contributed by atoms with van der Waals surface area (Å²) in [4.78, 5) is 0. The van der Waals surface area contributed by atoms with Crippen molar-refractivity contribution in [3.8, 4) is 0 Å². The predicted molar refractivity (Wildman–Crippen MR) is 90.8 cm³/mol. The van der Waals surface area contributed by atoms with Crippen LogP contribution >= 0.6 is 0 Å². The zero-order valence-electron chi connectivity index (χ0n) is 12.7. The van der Waals surface area contributed by atoms with Crippen molar-refractivity contribution in [1.82, 2.24) is 9.63 Å². The van der Waals surface area contributed by atoms with Gasteiger partial charge in [-0.2, -0.15) is 5.10 Å². The molecule has 2 aromatic carbocycles. The number of benzene rings is 2. The molecule has 0 saturated carbocycles. The van der Waals surface area contributed by atoms with Gasteiger partial charge in [-0.15, -0.1) is 5.10 Å². The van der Waals surface area contributed by atoms with E-state index >= 15 is 0 Å². The molecule has 5 nitrogen and oxygen atoms in total. The molecule has 1 aliphatic heterocycles. The van der Waals surface area contributed by atoms with Crippen molar-refractivity contribution in [2.45, 2.75) is 6.04 Å². The summed E-state index contributed by atoms with van der Waals surface area (Å²) in [6.07, 6.45) is 3.38. The highest BCUT2D eigenvalue weighted by atomic mass is 16.5. The molecule has 114 valence electrons. The first-order valence-electron chi connectivity index (χ1n) is 7.43. The molecule has 0 fully saturated rings. The molecule has 0 spiro atoms. The maximum absolute atomic E-state index is 10.4. The van der Waals surface area contributed by atoms with Crippen LogP contribution in [0.3, 0.4) is 0 Å². The van der Waals surface area contributed by atoms with Gasteiger partial charge >= 0.3 is 0 Å². The van der Waals surface area contributed by atoms with Gasteiger partial charge < -0.3 is 4.57 Å². The Kier molecular flexibility index (Phi) is 3.20. The molecule has 23 heavy (non-hydrogen) atoms. The highest BCUT2D eigenvalue weighted by Gasteiger charge is 2.30. The van der Waals surface area contributed by atoms with Crippen LogP contribution < -0.4 is 0 Å². The Labute approximate surface area is 133 Å². The normalized spacial score (nSPS) is 17.6. The first kappa shape index (κ1) is 13.7. The SMILES string of the molecule is Cn1cc(C2C(c3ccccc3)=NN=CN2O)c2ccccc21. The molecule has 1 N–H and O–H groups in total. The lowest BCUT2D eigenvalue weighted by molar-refractivity contribution is -0.0287. The number of hydrogen-bond acceptors (Lipinski definition) is 4. The first-order chi connectivity index (χ1) is 11.3. The van der Waals surface area contributed by atoms with Gasteiger partial charge in [0, 0.05) is 35.3 Å². The summed E-state index contributed by atoms with van der Waals surface area (Å²) < 4.78 is 2.06. The molecular weight excluding hydrogens is 288 g/mol. The zero-order valence-corrected chi connectivity index (χ0v) is 12.7. The molecular formula is C18H16N4O. The van der Waals surface area contributed by atoms with Gasteiger partial charge in [-0.05, 0) is 6.07 Å². The van der Waals surface area contributed by atoms with Crippen LogP contribution in [0.4, 0.5) is 0 Å². The summed E-state index contributed by atoms with van der Waals surface area (Å²) >= 11 is 0. The van der Waals surface area contributed by atoms with Crippen molar-refractivity contribution >= 4 is 23.0 Å². The number of aryl methyl sites for hydroxylation is 1. The van der Waals surface area contributed by atoms with Crippen LogP contribution in [0.2, 0.25) is 0 Å². The Balaban J connectivity index is 1.91. The highest BCUT2D eigenvalue weighted by Crippen LogP contribution is 2.32. The summed E-state index contributed by atoms with van der Waals surface area (Å²) in [6.45, 7) is 0. The number of hydroxylamine groups is 2. The summed E-state index contributed by atoms with van der Waals surface area (Å²) in [6, 6.07) is 17.6. The minimum atomic E-state index is -0.388. The number of para-hydroxylation sites is 1. The van der Waals surface area contributed by atoms with E-state index in [4.69, 9.17) is 0 Å². The standard InChI is InChI=1S/C18H16N4O/c1-21-11-15(14-9-5-6-10-16(14)21)18-17(20-19-12-22(18)23)13-7-3-2-4-8-13/h2-12,18,23H,1H3. The second kappa shape index (κ2) is 5.37. The van der Waals surface area contributed by atoms with Gasteiger partial charge in [0.25, 0.3) is 0 Å². The third-order valence-electron chi connectivity index (χ3n) is 4.15. The Hall–Kier alpha value is -2.92. The number of fused-ring (bicyclic) bond motifs is 1. The average molecular weight is 304 g/mol. The van der Waals surface area contributed by atoms with Crippen LogP contribution in [0, 0.1) is 0 Å². The maximum Gasteiger partial charge on any atom is 0.139 e.